The monoisotopic (exact) mass is 212 g/mol. The van der Waals surface area contributed by atoms with Gasteiger partial charge >= 0.3 is 11.7 Å². The lowest BCUT2D eigenvalue weighted by Crippen LogP contribution is -2.23. The van der Waals surface area contributed by atoms with Crippen molar-refractivity contribution in [3.05, 3.63) is 21.9 Å². The van der Waals surface area contributed by atoms with Gasteiger partial charge in [-0.2, -0.15) is 0 Å². The summed E-state index contributed by atoms with van der Waals surface area (Å²) in [5.74, 6) is -0.516. The van der Waals surface area contributed by atoms with E-state index in [1.54, 1.807) is 7.05 Å². The molecular formula is C10H16N2O3. The molecule has 0 aliphatic rings. The summed E-state index contributed by atoms with van der Waals surface area (Å²) in [6, 6.07) is 0. The van der Waals surface area contributed by atoms with Crippen molar-refractivity contribution in [3.8, 4) is 0 Å². The van der Waals surface area contributed by atoms with Gasteiger partial charge in [0.1, 0.15) is 5.69 Å². The molecule has 0 atom stereocenters. The zero-order valence-corrected chi connectivity index (χ0v) is 9.67. The molecule has 0 amide bonds. The molecule has 0 unspecified atom stereocenters. The molecule has 1 rings (SSSR count). The van der Waals surface area contributed by atoms with E-state index in [-0.39, 0.29) is 16.8 Å². The van der Waals surface area contributed by atoms with Gasteiger partial charge in [0.05, 0.1) is 12.8 Å². The number of nitrogens with one attached hydrogen (secondary N) is 1. The SMILES string of the molecule is COC(=O)c1[nH]c(=O)n(C)c1C(C)(C)C. The zero-order chi connectivity index (χ0) is 11.8. The third kappa shape index (κ3) is 1.95. The number of ether oxygens (including phenoxy) is 1. The molecule has 84 valence electrons. The summed E-state index contributed by atoms with van der Waals surface area (Å²) in [5, 5.41) is 0. The van der Waals surface area contributed by atoms with E-state index in [0.29, 0.717) is 5.69 Å². The van der Waals surface area contributed by atoms with Crippen LogP contribution in [0.3, 0.4) is 0 Å². The second-order valence-corrected chi connectivity index (χ2v) is 4.45. The Bertz CT molecular complexity index is 435. The highest BCUT2D eigenvalue weighted by Gasteiger charge is 2.27. The molecule has 5 nitrogen and oxygen atoms in total. The van der Waals surface area contributed by atoms with Crippen molar-refractivity contribution in [2.75, 3.05) is 7.11 Å². The van der Waals surface area contributed by atoms with Gasteiger partial charge in [-0.3, -0.25) is 9.55 Å². The van der Waals surface area contributed by atoms with Gasteiger partial charge < -0.3 is 4.74 Å². The van der Waals surface area contributed by atoms with Crippen molar-refractivity contribution in [2.24, 2.45) is 7.05 Å². The van der Waals surface area contributed by atoms with Crippen LogP contribution in [0.1, 0.15) is 37.0 Å². The van der Waals surface area contributed by atoms with Gasteiger partial charge in [0.25, 0.3) is 0 Å². The molecule has 0 saturated carbocycles. The number of imidazole rings is 1. The average Bonchev–Trinajstić information content (AvgIpc) is 2.41. The molecule has 1 heterocycles. The first kappa shape index (κ1) is 11.6. The van der Waals surface area contributed by atoms with Crippen molar-refractivity contribution in [1.82, 2.24) is 9.55 Å². The standard InChI is InChI=1S/C10H16N2O3/c1-10(2,3)7-6(8(13)15-5)11-9(14)12(7)4/h1-5H3,(H,11,14). The summed E-state index contributed by atoms with van der Waals surface area (Å²) < 4.78 is 6.05. The Kier molecular flexibility index (Phi) is 2.75. The van der Waals surface area contributed by atoms with Crippen molar-refractivity contribution < 1.29 is 9.53 Å². The largest absolute Gasteiger partial charge is 0.464 e. The molecule has 0 bridgehead atoms. The Hall–Kier alpha value is -1.52. The molecule has 5 heteroatoms. The zero-order valence-electron chi connectivity index (χ0n) is 9.67. The minimum absolute atomic E-state index is 0.234. The number of hydrogen-bond acceptors (Lipinski definition) is 3. The Morgan fingerprint density at radius 1 is 1.40 bits per heavy atom. The number of rotatable bonds is 1. The van der Waals surface area contributed by atoms with E-state index < -0.39 is 5.97 Å². The molecule has 0 aliphatic heterocycles. The number of hydrogen-bond donors (Lipinski definition) is 1. The first-order chi connectivity index (χ1) is 6.79. The Balaban J connectivity index is 3.48. The molecule has 1 aromatic rings. The summed E-state index contributed by atoms with van der Waals surface area (Å²) >= 11 is 0. The summed E-state index contributed by atoms with van der Waals surface area (Å²) in [6.45, 7) is 5.80. The highest BCUT2D eigenvalue weighted by Crippen LogP contribution is 2.23. The average molecular weight is 212 g/mol. The van der Waals surface area contributed by atoms with Crippen LogP contribution in [0, 0.1) is 0 Å². The van der Waals surface area contributed by atoms with E-state index in [4.69, 9.17) is 0 Å². The highest BCUT2D eigenvalue weighted by atomic mass is 16.5. The summed E-state index contributed by atoms with van der Waals surface area (Å²) in [7, 11) is 2.92. The first-order valence-electron chi connectivity index (χ1n) is 4.67. The third-order valence-electron chi connectivity index (χ3n) is 2.21. The number of carbonyl (C=O) groups excluding carboxylic acids is 1. The summed E-state index contributed by atoms with van der Waals surface area (Å²) in [5.41, 5.74) is 0.287. The molecule has 1 aromatic heterocycles. The van der Waals surface area contributed by atoms with Crippen molar-refractivity contribution in [1.29, 1.82) is 0 Å². The minimum Gasteiger partial charge on any atom is -0.464 e. The van der Waals surface area contributed by atoms with Gasteiger partial charge in [-0.1, -0.05) is 20.8 Å². The Morgan fingerprint density at radius 3 is 2.33 bits per heavy atom. The Labute approximate surface area is 88.1 Å². The van der Waals surface area contributed by atoms with E-state index >= 15 is 0 Å². The quantitative estimate of drug-likeness (QED) is 0.700. The smallest absolute Gasteiger partial charge is 0.356 e. The predicted molar refractivity (Wildman–Crippen MR) is 56.1 cm³/mol. The number of aromatic amines is 1. The molecular weight excluding hydrogens is 196 g/mol. The van der Waals surface area contributed by atoms with Crippen LogP contribution in [0.5, 0.6) is 0 Å². The van der Waals surface area contributed by atoms with Crippen LogP contribution in [-0.2, 0) is 17.2 Å². The summed E-state index contributed by atoms with van der Waals surface area (Å²) in [4.78, 5) is 25.4. The van der Waals surface area contributed by atoms with Gasteiger partial charge in [-0.15, -0.1) is 0 Å². The van der Waals surface area contributed by atoms with Crippen LogP contribution >= 0.6 is 0 Å². The maximum atomic E-state index is 11.4. The number of carbonyl (C=O) groups is 1. The third-order valence-corrected chi connectivity index (χ3v) is 2.21. The summed E-state index contributed by atoms with van der Waals surface area (Å²) in [6.07, 6.45) is 0. The van der Waals surface area contributed by atoms with Gasteiger partial charge in [-0.05, 0) is 0 Å². The normalized spacial score (nSPS) is 11.5. The van der Waals surface area contributed by atoms with Crippen molar-refractivity contribution >= 4 is 5.97 Å². The molecule has 1 N–H and O–H groups in total. The van der Waals surface area contributed by atoms with Gasteiger partial charge in [0.15, 0.2) is 0 Å². The fourth-order valence-electron chi connectivity index (χ4n) is 1.65. The molecule has 0 aromatic carbocycles. The highest BCUT2D eigenvalue weighted by molar-refractivity contribution is 5.88. The second kappa shape index (κ2) is 3.56. The fourth-order valence-corrected chi connectivity index (χ4v) is 1.65. The molecule has 0 aliphatic carbocycles. The van der Waals surface area contributed by atoms with Crippen LogP contribution < -0.4 is 5.69 Å². The fraction of sp³-hybridized carbons (Fsp3) is 0.600. The van der Waals surface area contributed by atoms with E-state index in [9.17, 15) is 9.59 Å². The van der Waals surface area contributed by atoms with Crippen LogP contribution in [-0.4, -0.2) is 22.6 Å². The lowest BCUT2D eigenvalue weighted by atomic mass is 9.90. The number of nitrogens with zero attached hydrogens (tertiary/aromatic N) is 1. The maximum absolute atomic E-state index is 11.4. The van der Waals surface area contributed by atoms with Crippen molar-refractivity contribution in [2.45, 2.75) is 26.2 Å². The number of H-pyrrole nitrogens is 1. The molecule has 0 spiro atoms. The van der Waals surface area contributed by atoms with E-state index in [1.165, 1.54) is 11.7 Å². The number of methoxy groups -OCH3 is 1. The number of aromatic nitrogens is 2. The van der Waals surface area contributed by atoms with Crippen molar-refractivity contribution in [3.63, 3.8) is 0 Å². The maximum Gasteiger partial charge on any atom is 0.356 e. The van der Waals surface area contributed by atoms with Gasteiger partial charge in [0.2, 0.25) is 0 Å². The second-order valence-electron chi connectivity index (χ2n) is 4.45. The molecule has 0 radical (unpaired) electrons. The first-order valence-corrected chi connectivity index (χ1v) is 4.67. The topological polar surface area (TPSA) is 64.1 Å². The lowest BCUT2D eigenvalue weighted by Gasteiger charge is -2.19. The van der Waals surface area contributed by atoms with E-state index in [0.717, 1.165) is 0 Å². The van der Waals surface area contributed by atoms with E-state index in [2.05, 4.69) is 9.72 Å². The van der Waals surface area contributed by atoms with Crippen LogP contribution in [0.4, 0.5) is 0 Å². The van der Waals surface area contributed by atoms with Gasteiger partial charge in [0, 0.05) is 12.5 Å². The van der Waals surface area contributed by atoms with E-state index in [1.807, 2.05) is 20.8 Å². The van der Waals surface area contributed by atoms with Crippen LogP contribution in [0.15, 0.2) is 4.79 Å². The molecule has 0 saturated heterocycles. The predicted octanol–water partition coefficient (Wildman–Crippen LogP) is 0.797. The lowest BCUT2D eigenvalue weighted by molar-refractivity contribution is 0.0591. The van der Waals surface area contributed by atoms with Crippen LogP contribution in [0.25, 0.3) is 0 Å². The minimum atomic E-state index is -0.516. The molecule has 0 fully saturated rings. The molecule has 15 heavy (non-hydrogen) atoms. The van der Waals surface area contributed by atoms with Gasteiger partial charge in [-0.25, -0.2) is 9.59 Å². The Morgan fingerprint density at radius 2 is 1.93 bits per heavy atom. The van der Waals surface area contributed by atoms with Crippen LogP contribution in [0.2, 0.25) is 0 Å². The number of esters is 1.